The Labute approximate surface area is 145 Å². The molecule has 1 saturated heterocycles. The summed E-state index contributed by atoms with van der Waals surface area (Å²) >= 11 is 6.49. The zero-order chi connectivity index (χ0) is 17.3. The SMILES string of the molecule is CCOC(=O)Cc1nc(N2CCC(O)C2)c2c(Cl)c(CC)[nH]c2n1. The number of halogens is 1. The van der Waals surface area contributed by atoms with Gasteiger partial charge in [-0.15, -0.1) is 0 Å². The minimum atomic E-state index is -0.383. The minimum absolute atomic E-state index is 0.00523. The van der Waals surface area contributed by atoms with E-state index in [1.807, 2.05) is 11.8 Å². The lowest BCUT2D eigenvalue weighted by atomic mass is 10.2. The summed E-state index contributed by atoms with van der Waals surface area (Å²) < 4.78 is 4.98. The highest BCUT2D eigenvalue weighted by Gasteiger charge is 2.27. The van der Waals surface area contributed by atoms with Crippen LogP contribution < -0.4 is 4.90 Å². The number of H-pyrrole nitrogens is 1. The standard InChI is InChI=1S/C16H21ClN4O3/c1-3-10-14(17)13-15(18-10)19-11(7-12(23)24-4-2)20-16(13)21-6-5-9(22)8-21/h9,22H,3-8H2,1-2H3,(H,18,19,20). The van der Waals surface area contributed by atoms with Crippen LogP contribution in [0.25, 0.3) is 11.0 Å². The molecule has 2 aromatic rings. The predicted octanol–water partition coefficient (Wildman–Crippen LogP) is 1.85. The van der Waals surface area contributed by atoms with Crippen LogP contribution in [-0.2, 0) is 22.4 Å². The van der Waals surface area contributed by atoms with Crippen molar-refractivity contribution in [2.75, 3.05) is 24.6 Å². The van der Waals surface area contributed by atoms with Crippen LogP contribution in [0.2, 0.25) is 5.02 Å². The number of fused-ring (bicyclic) bond motifs is 1. The summed E-state index contributed by atoms with van der Waals surface area (Å²) in [7, 11) is 0. The van der Waals surface area contributed by atoms with Crippen LogP contribution in [0, 0.1) is 0 Å². The first-order chi connectivity index (χ1) is 11.5. The first-order valence-corrected chi connectivity index (χ1v) is 8.56. The van der Waals surface area contributed by atoms with Gasteiger partial charge in [-0.25, -0.2) is 9.97 Å². The number of nitrogens with one attached hydrogen (secondary N) is 1. The fraction of sp³-hybridized carbons (Fsp3) is 0.562. The molecule has 0 radical (unpaired) electrons. The number of rotatable bonds is 5. The van der Waals surface area contributed by atoms with Gasteiger partial charge in [0.1, 0.15) is 23.7 Å². The van der Waals surface area contributed by atoms with Gasteiger partial charge in [0.25, 0.3) is 0 Å². The molecule has 7 nitrogen and oxygen atoms in total. The molecule has 0 bridgehead atoms. The molecule has 1 atom stereocenters. The second-order valence-electron chi connectivity index (χ2n) is 5.83. The lowest BCUT2D eigenvalue weighted by Gasteiger charge is -2.18. The number of carbonyl (C=O) groups excluding carboxylic acids is 1. The maximum Gasteiger partial charge on any atom is 0.313 e. The van der Waals surface area contributed by atoms with E-state index in [-0.39, 0.29) is 18.5 Å². The molecule has 0 aromatic carbocycles. The Bertz CT molecular complexity index is 761. The average molecular weight is 353 g/mol. The lowest BCUT2D eigenvalue weighted by Crippen LogP contribution is -2.23. The zero-order valence-corrected chi connectivity index (χ0v) is 14.6. The summed E-state index contributed by atoms with van der Waals surface area (Å²) in [5.74, 6) is 0.687. The molecule has 130 valence electrons. The molecular weight excluding hydrogens is 332 g/mol. The Kier molecular flexibility index (Phi) is 4.91. The number of β-amino-alcohol motifs (C(OH)–C–C–N with tert-alkyl or cyclic N) is 1. The maximum absolute atomic E-state index is 11.8. The van der Waals surface area contributed by atoms with Crippen molar-refractivity contribution in [1.82, 2.24) is 15.0 Å². The molecule has 3 heterocycles. The molecule has 0 amide bonds. The second-order valence-corrected chi connectivity index (χ2v) is 6.21. The highest BCUT2D eigenvalue weighted by atomic mass is 35.5. The van der Waals surface area contributed by atoms with E-state index in [1.54, 1.807) is 6.92 Å². The largest absolute Gasteiger partial charge is 0.466 e. The molecule has 0 saturated carbocycles. The zero-order valence-electron chi connectivity index (χ0n) is 13.8. The number of nitrogens with zero attached hydrogens (tertiary/aromatic N) is 3. The Morgan fingerprint density at radius 1 is 1.46 bits per heavy atom. The smallest absolute Gasteiger partial charge is 0.313 e. The number of aryl methyl sites for hydroxylation is 1. The van der Waals surface area contributed by atoms with Crippen molar-refractivity contribution >= 4 is 34.4 Å². The van der Waals surface area contributed by atoms with Crippen molar-refractivity contribution < 1.29 is 14.6 Å². The quantitative estimate of drug-likeness (QED) is 0.798. The molecule has 0 aliphatic carbocycles. The lowest BCUT2D eigenvalue weighted by molar-refractivity contribution is -0.142. The van der Waals surface area contributed by atoms with E-state index in [0.29, 0.717) is 48.4 Å². The number of anilines is 1. The second kappa shape index (κ2) is 6.94. The number of aliphatic hydroxyl groups excluding tert-OH is 1. The predicted molar refractivity (Wildman–Crippen MR) is 91.5 cm³/mol. The molecule has 1 unspecified atom stereocenters. The van der Waals surface area contributed by atoms with Gasteiger partial charge in [0.05, 0.1) is 23.1 Å². The van der Waals surface area contributed by atoms with Crippen molar-refractivity contribution in [3.8, 4) is 0 Å². The van der Waals surface area contributed by atoms with Crippen molar-refractivity contribution in [2.24, 2.45) is 0 Å². The number of esters is 1. The van der Waals surface area contributed by atoms with Gasteiger partial charge in [-0.2, -0.15) is 0 Å². The molecule has 3 rings (SSSR count). The Morgan fingerprint density at radius 2 is 2.25 bits per heavy atom. The third-order valence-electron chi connectivity index (χ3n) is 4.11. The maximum atomic E-state index is 11.8. The van der Waals surface area contributed by atoms with Crippen LogP contribution in [0.15, 0.2) is 0 Å². The molecule has 24 heavy (non-hydrogen) atoms. The van der Waals surface area contributed by atoms with Crippen LogP contribution in [-0.4, -0.2) is 51.8 Å². The number of ether oxygens (including phenoxy) is 1. The van der Waals surface area contributed by atoms with Gasteiger partial charge in [-0.1, -0.05) is 18.5 Å². The summed E-state index contributed by atoms with van der Waals surface area (Å²) in [6.45, 7) is 5.27. The summed E-state index contributed by atoms with van der Waals surface area (Å²) in [4.78, 5) is 26.0. The van der Waals surface area contributed by atoms with Crippen LogP contribution in [0.4, 0.5) is 5.82 Å². The molecule has 1 aliphatic rings. The van der Waals surface area contributed by atoms with Gasteiger partial charge in [0, 0.05) is 18.8 Å². The molecule has 8 heteroatoms. The van der Waals surface area contributed by atoms with Crippen molar-refractivity contribution in [3.63, 3.8) is 0 Å². The first kappa shape index (κ1) is 17.0. The van der Waals surface area contributed by atoms with E-state index >= 15 is 0 Å². The topological polar surface area (TPSA) is 91.3 Å². The Balaban J connectivity index is 2.07. The van der Waals surface area contributed by atoms with Crippen molar-refractivity contribution in [2.45, 2.75) is 39.2 Å². The molecule has 1 fully saturated rings. The van der Waals surface area contributed by atoms with Crippen LogP contribution in [0.5, 0.6) is 0 Å². The van der Waals surface area contributed by atoms with Crippen molar-refractivity contribution in [3.05, 3.63) is 16.5 Å². The Morgan fingerprint density at radius 3 is 2.88 bits per heavy atom. The highest BCUT2D eigenvalue weighted by Crippen LogP contribution is 2.35. The molecular formula is C16H21ClN4O3. The number of aromatic nitrogens is 3. The van der Waals surface area contributed by atoms with Gasteiger partial charge in [-0.3, -0.25) is 4.79 Å². The number of hydrogen-bond donors (Lipinski definition) is 2. The molecule has 2 aromatic heterocycles. The third-order valence-corrected chi connectivity index (χ3v) is 4.53. The molecule has 2 N–H and O–H groups in total. The normalized spacial score (nSPS) is 17.7. The third kappa shape index (κ3) is 3.18. The van der Waals surface area contributed by atoms with E-state index in [9.17, 15) is 9.90 Å². The van der Waals surface area contributed by atoms with Gasteiger partial charge < -0.3 is 19.7 Å². The number of aliphatic hydroxyl groups is 1. The molecule has 0 spiro atoms. The van der Waals surface area contributed by atoms with E-state index in [2.05, 4.69) is 15.0 Å². The number of aromatic amines is 1. The fourth-order valence-corrected chi connectivity index (χ4v) is 3.32. The van der Waals surface area contributed by atoms with Gasteiger partial charge in [-0.05, 0) is 19.8 Å². The summed E-state index contributed by atoms with van der Waals surface area (Å²) in [6, 6.07) is 0. The van der Waals surface area contributed by atoms with E-state index in [1.165, 1.54) is 0 Å². The van der Waals surface area contributed by atoms with Gasteiger partial charge in [0.2, 0.25) is 0 Å². The van der Waals surface area contributed by atoms with E-state index in [0.717, 1.165) is 17.5 Å². The number of carbonyl (C=O) groups is 1. The highest BCUT2D eigenvalue weighted by molar-refractivity contribution is 6.37. The minimum Gasteiger partial charge on any atom is -0.466 e. The van der Waals surface area contributed by atoms with Gasteiger partial charge in [0.15, 0.2) is 0 Å². The fourth-order valence-electron chi connectivity index (χ4n) is 2.96. The number of hydrogen-bond acceptors (Lipinski definition) is 6. The average Bonchev–Trinajstić information content (AvgIpc) is 3.10. The first-order valence-electron chi connectivity index (χ1n) is 8.19. The van der Waals surface area contributed by atoms with E-state index in [4.69, 9.17) is 16.3 Å². The van der Waals surface area contributed by atoms with Crippen LogP contribution in [0.1, 0.15) is 31.8 Å². The summed E-state index contributed by atoms with van der Waals surface area (Å²) in [5, 5.41) is 11.2. The summed E-state index contributed by atoms with van der Waals surface area (Å²) in [5.41, 5.74) is 1.50. The summed E-state index contributed by atoms with van der Waals surface area (Å²) in [6.07, 6.45) is 1.05. The van der Waals surface area contributed by atoms with Crippen LogP contribution in [0.3, 0.4) is 0 Å². The molecule has 1 aliphatic heterocycles. The van der Waals surface area contributed by atoms with E-state index < -0.39 is 0 Å². The van der Waals surface area contributed by atoms with Crippen LogP contribution >= 0.6 is 11.6 Å². The van der Waals surface area contributed by atoms with Gasteiger partial charge >= 0.3 is 5.97 Å². The Hall–Kier alpha value is -1.86. The monoisotopic (exact) mass is 352 g/mol. The van der Waals surface area contributed by atoms with Crippen molar-refractivity contribution in [1.29, 1.82) is 0 Å².